The average Bonchev–Trinajstić information content (AvgIpc) is 2.65. The summed E-state index contributed by atoms with van der Waals surface area (Å²) in [5, 5.41) is 3.90. The third-order valence-electron chi connectivity index (χ3n) is 2.22. The summed E-state index contributed by atoms with van der Waals surface area (Å²) in [4.78, 5) is 17.0. The predicted octanol–water partition coefficient (Wildman–Crippen LogP) is 1.52. The molecule has 0 aliphatic carbocycles. The number of aromatic nitrogens is 4. The summed E-state index contributed by atoms with van der Waals surface area (Å²) in [6, 6.07) is 0. The fourth-order valence-electron chi connectivity index (χ4n) is 1.21. The molecule has 7 heteroatoms. The Balaban J connectivity index is 2.40. The second-order valence-electron chi connectivity index (χ2n) is 3.36. The molecule has 0 amide bonds. The van der Waals surface area contributed by atoms with Crippen molar-refractivity contribution in [3.63, 3.8) is 0 Å². The van der Waals surface area contributed by atoms with E-state index in [1.807, 2.05) is 6.92 Å². The van der Waals surface area contributed by atoms with Crippen LogP contribution >= 0.6 is 27.5 Å². The first-order valence-corrected chi connectivity index (χ1v) is 6.15. The van der Waals surface area contributed by atoms with Crippen molar-refractivity contribution in [1.82, 2.24) is 19.1 Å². The van der Waals surface area contributed by atoms with Crippen LogP contribution in [0.5, 0.6) is 0 Å². The summed E-state index contributed by atoms with van der Waals surface area (Å²) < 4.78 is 5.88. The van der Waals surface area contributed by atoms with Crippen LogP contribution in [0.15, 0.2) is 15.6 Å². The number of aryl methyl sites for hydroxylation is 2. The van der Waals surface area contributed by atoms with Gasteiger partial charge in [-0.2, -0.15) is 0 Å². The van der Waals surface area contributed by atoms with E-state index < -0.39 is 0 Å². The molecule has 0 spiro atoms. The average molecular weight is 301 g/mol. The lowest BCUT2D eigenvalue weighted by Gasteiger charge is -2.05. The van der Waals surface area contributed by atoms with Gasteiger partial charge in [-0.25, -0.2) is 4.98 Å². The Bertz CT molecular complexity index is 577. The molecule has 2 rings (SSSR count). The van der Waals surface area contributed by atoms with Crippen LogP contribution in [0.3, 0.4) is 0 Å². The highest BCUT2D eigenvalue weighted by Gasteiger charge is 2.09. The maximum Gasteiger partial charge on any atom is 0.268 e. The number of hydrogen-bond donors (Lipinski definition) is 0. The van der Waals surface area contributed by atoms with Crippen molar-refractivity contribution < 1.29 is 0 Å². The molecular formula is C9H9BrN4OS. The van der Waals surface area contributed by atoms with Gasteiger partial charge >= 0.3 is 0 Å². The van der Waals surface area contributed by atoms with Gasteiger partial charge in [-0.15, -0.1) is 5.10 Å². The zero-order valence-electron chi connectivity index (χ0n) is 8.77. The third-order valence-corrected chi connectivity index (χ3v) is 3.94. The lowest BCUT2D eigenvalue weighted by molar-refractivity contribution is 0.728. The fraction of sp³-hybridized carbons (Fsp3) is 0.333. The van der Waals surface area contributed by atoms with E-state index in [4.69, 9.17) is 0 Å². The van der Waals surface area contributed by atoms with Crippen LogP contribution in [-0.4, -0.2) is 19.1 Å². The maximum atomic E-state index is 11.9. The molecule has 0 saturated carbocycles. The number of hydrogen-bond acceptors (Lipinski definition) is 5. The molecule has 2 aromatic rings. The molecule has 5 nitrogen and oxygen atoms in total. The van der Waals surface area contributed by atoms with Crippen molar-refractivity contribution in [2.75, 3.05) is 0 Å². The summed E-state index contributed by atoms with van der Waals surface area (Å²) in [6.07, 6.45) is 1.54. The van der Waals surface area contributed by atoms with Gasteiger partial charge in [-0.3, -0.25) is 9.36 Å². The topological polar surface area (TPSA) is 60.7 Å². The van der Waals surface area contributed by atoms with Gasteiger partial charge in [0, 0.05) is 0 Å². The smallest absolute Gasteiger partial charge is 0.268 e. The van der Waals surface area contributed by atoms with Crippen molar-refractivity contribution in [3.05, 3.63) is 37.4 Å². The van der Waals surface area contributed by atoms with Gasteiger partial charge in [0.25, 0.3) is 5.56 Å². The maximum absolute atomic E-state index is 11.9. The van der Waals surface area contributed by atoms with Crippen LogP contribution in [0.4, 0.5) is 0 Å². The molecule has 2 heterocycles. The monoisotopic (exact) mass is 300 g/mol. The second-order valence-corrected chi connectivity index (χ2v) is 4.99. The molecule has 0 aromatic carbocycles. The molecule has 16 heavy (non-hydrogen) atoms. The molecule has 0 aliphatic heterocycles. The first-order valence-electron chi connectivity index (χ1n) is 4.59. The minimum atomic E-state index is -0.0831. The summed E-state index contributed by atoms with van der Waals surface area (Å²) in [7, 11) is 0. The third kappa shape index (κ3) is 2.05. The lowest BCUT2D eigenvalue weighted by atomic mass is 10.4. The van der Waals surface area contributed by atoms with Gasteiger partial charge in [0.1, 0.15) is 4.47 Å². The number of rotatable bonds is 2. The van der Waals surface area contributed by atoms with Crippen LogP contribution in [0.1, 0.15) is 16.3 Å². The Hall–Kier alpha value is -1.08. The SMILES string of the molecule is Cc1nnsc1Cn1cnc(C)c(Br)c1=O. The zero-order valence-corrected chi connectivity index (χ0v) is 11.2. The largest absolute Gasteiger partial charge is 0.293 e. The van der Waals surface area contributed by atoms with Crippen LogP contribution < -0.4 is 5.56 Å². The molecule has 0 N–H and O–H groups in total. The van der Waals surface area contributed by atoms with Crippen molar-refractivity contribution in [1.29, 1.82) is 0 Å². The fourth-order valence-corrected chi connectivity index (χ4v) is 2.17. The second kappa shape index (κ2) is 4.42. The Labute approximate surface area is 104 Å². The summed E-state index contributed by atoms with van der Waals surface area (Å²) in [6.45, 7) is 4.13. The Morgan fingerprint density at radius 1 is 1.44 bits per heavy atom. The van der Waals surface area contributed by atoms with Crippen molar-refractivity contribution >= 4 is 27.5 Å². The van der Waals surface area contributed by atoms with Gasteiger partial charge in [-0.05, 0) is 41.3 Å². The van der Waals surface area contributed by atoms with Crippen LogP contribution in [0, 0.1) is 13.8 Å². The van der Waals surface area contributed by atoms with E-state index in [2.05, 4.69) is 30.5 Å². The Kier molecular flexibility index (Phi) is 3.15. The van der Waals surface area contributed by atoms with Crippen LogP contribution in [0.2, 0.25) is 0 Å². The van der Waals surface area contributed by atoms with Crippen molar-refractivity contribution in [2.45, 2.75) is 20.4 Å². The molecule has 0 unspecified atom stereocenters. The van der Waals surface area contributed by atoms with Crippen molar-refractivity contribution in [2.24, 2.45) is 0 Å². The molecule has 0 bridgehead atoms. The van der Waals surface area contributed by atoms with Crippen LogP contribution in [0.25, 0.3) is 0 Å². The molecule has 0 fully saturated rings. The molecule has 2 aromatic heterocycles. The minimum absolute atomic E-state index is 0.0831. The molecule has 0 atom stereocenters. The zero-order chi connectivity index (χ0) is 11.7. The molecule has 0 aliphatic rings. The number of nitrogens with zero attached hydrogens (tertiary/aromatic N) is 4. The van der Waals surface area contributed by atoms with E-state index in [1.165, 1.54) is 11.5 Å². The van der Waals surface area contributed by atoms with Crippen LogP contribution in [-0.2, 0) is 6.54 Å². The Morgan fingerprint density at radius 2 is 2.19 bits per heavy atom. The first-order chi connectivity index (χ1) is 7.59. The number of halogens is 1. The quantitative estimate of drug-likeness (QED) is 0.844. The highest BCUT2D eigenvalue weighted by atomic mass is 79.9. The van der Waals surface area contributed by atoms with Gasteiger partial charge < -0.3 is 0 Å². The molecule has 0 saturated heterocycles. The van der Waals surface area contributed by atoms with E-state index in [0.717, 1.165) is 10.6 Å². The van der Waals surface area contributed by atoms with E-state index >= 15 is 0 Å². The highest BCUT2D eigenvalue weighted by molar-refractivity contribution is 9.10. The molecular weight excluding hydrogens is 292 g/mol. The molecule has 84 valence electrons. The van der Waals surface area contributed by atoms with Gasteiger partial charge in [0.05, 0.1) is 29.1 Å². The standard InChI is InChI=1S/C9H9BrN4OS/c1-5-7(16-13-12-5)3-14-4-11-6(2)8(10)9(14)15/h4H,3H2,1-2H3. The molecule has 0 radical (unpaired) electrons. The van der Waals surface area contributed by atoms with E-state index in [9.17, 15) is 4.79 Å². The minimum Gasteiger partial charge on any atom is -0.293 e. The predicted molar refractivity (Wildman–Crippen MR) is 64.7 cm³/mol. The highest BCUT2D eigenvalue weighted by Crippen LogP contribution is 2.11. The van der Waals surface area contributed by atoms with E-state index in [-0.39, 0.29) is 5.56 Å². The summed E-state index contributed by atoms with van der Waals surface area (Å²) in [5.41, 5.74) is 1.47. The van der Waals surface area contributed by atoms with E-state index in [1.54, 1.807) is 17.8 Å². The van der Waals surface area contributed by atoms with E-state index in [0.29, 0.717) is 16.7 Å². The summed E-state index contributed by atoms with van der Waals surface area (Å²) >= 11 is 4.53. The normalized spacial score (nSPS) is 10.7. The summed E-state index contributed by atoms with van der Waals surface area (Å²) in [5.74, 6) is 0. The van der Waals surface area contributed by atoms with Crippen molar-refractivity contribution in [3.8, 4) is 0 Å². The van der Waals surface area contributed by atoms with Gasteiger partial charge in [0.2, 0.25) is 0 Å². The van der Waals surface area contributed by atoms with Gasteiger partial charge in [-0.1, -0.05) is 4.49 Å². The van der Waals surface area contributed by atoms with Gasteiger partial charge in [0.15, 0.2) is 0 Å². The lowest BCUT2D eigenvalue weighted by Crippen LogP contribution is -2.22. The first kappa shape index (κ1) is 11.4. The Morgan fingerprint density at radius 3 is 2.81 bits per heavy atom.